The summed E-state index contributed by atoms with van der Waals surface area (Å²) in [6, 6.07) is 18.6. The molecule has 3 aromatic rings. The number of hydrogen-bond acceptors (Lipinski definition) is 4. The highest BCUT2D eigenvalue weighted by atomic mass is 16.6. The van der Waals surface area contributed by atoms with Gasteiger partial charge in [0, 0.05) is 43.2 Å². The lowest BCUT2D eigenvalue weighted by atomic mass is 10.0. The standard InChI is InChI=1S/C25H29N3O3/c29-25-28(18-21(31-25)16-20-17-26-23-9-5-4-8-22(20)23)24(19-6-2-1-3-7-19)10-11-27-12-14-30-15-13-27/h1-9,17,21,24,26H,10-16,18H2. The Morgan fingerprint density at radius 1 is 1.03 bits per heavy atom. The van der Waals surface area contributed by atoms with Crippen LogP contribution in [0.5, 0.6) is 0 Å². The normalized spacial score (nSPS) is 20.8. The largest absolute Gasteiger partial charge is 0.444 e. The first kappa shape index (κ1) is 20.1. The predicted octanol–water partition coefficient (Wildman–Crippen LogP) is 3.99. The Morgan fingerprint density at radius 3 is 2.65 bits per heavy atom. The molecule has 0 bridgehead atoms. The Hall–Kier alpha value is -2.83. The average molecular weight is 420 g/mol. The van der Waals surface area contributed by atoms with Gasteiger partial charge in [-0.1, -0.05) is 48.5 Å². The van der Waals surface area contributed by atoms with Crippen LogP contribution in [0.25, 0.3) is 10.9 Å². The van der Waals surface area contributed by atoms with E-state index in [-0.39, 0.29) is 18.2 Å². The lowest BCUT2D eigenvalue weighted by Gasteiger charge is -2.31. The second kappa shape index (κ2) is 9.12. The second-order valence-corrected chi connectivity index (χ2v) is 8.39. The molecule has 1 aromatic heterocycles. The van der Waals surface area contributed by atoms with Gasteiger partial charge in [-0.3, -0.25) is 9.80 Å². The molecule has 5 rings (SSSR count). The van der Waals surface area contributed by atoms with E-state index >= 15 is 0 Å². The van der Waals surface area contributed by atoms with Gasteiger partial charge < -0.3 is 14.5 Å². The number of nitrogens with one attached hydrogen (secondary N) is 1. The molecule has 0 spiro atoms. The lowest BCUT2D eigenvalue weighted by molar-refractivity contribution is 0.0341. The summed E-state index contributed by atoms with van der Waals surface area (Å²) in [5.41, 5.74) is 3.48. The van der Waals surface area contributed by atoms with Crippen LogP contribution in [-0.4, -0.2) is 66.4 Å². The van der Waals surface area contributed by atoms with E-state index in [1.165, 1.54) is 16.5 Å². The van der Waals surface area contributed by atoms with Crippen LogP contribution < -0.4 is 0 Å². The number of cyclic esters (lactones) is 1. The van der Waals surface area contributed by atoms with Gasteiger partial charge in [0.2, 0.25) is 0 Å². The van der Waals surface area contributed by atoms with Crippen LogP contribution in [0.1, 0.15) is 23.6 Å². The van der Waals surface area contributed by atoms with E-state index < -0.39 is 0 Å². The Kier molecular flexibility index (Phi) is 5.91. The monoisotopic (exact) mass is 419 g/mol. The summed E-state index contributed by atoms with van der Waals surface area (Å²) >= 11 is 0. The molecule has 0 aliphatic carbocycles. The molecule has 2 saturated heterocycles. The second-order valence-electron chi connectivity index (χ2n) is 8.39. The number of hydrogen-bond donors (Lipinski definition) is 1. The molecule has 2 atom stereocenters. The van der Waals surface area contributed by atoms with Crippen molar-refractivity contribution in [2.75, 3.05) is 39.4 Å². The zero-order valence-electron chi connectivity index (χ0n) is 17.7. The van der Waals surface area contributed by atoms with Crippen LogP contribution in [0.4, 0.5) is 4.79 Å². The van der Waals surface area contributed by atoms with Gasteiger partial charge in [-0.15, -0.1) is 0 Å². The van der Waals surface area contributed by atoms with E-state index in [1.54, 1.807) is 0 Å². The molecule has 0 radical (unpaired) electrons. The lowest BCUT2D eigenvalue weighted by Crippen LogP contribution is -2.39. The number of ether oxygens (including phenoxy) is 2. The molecule has 1 amide bonds. The van der Waals surface area contributed by atoms with Crippen molar-refractivity contribution in [2.24, 2.45) is 0 Å². The minimum absolute atomic E-state index is 0.0181. The van der Waals surface area contributed by atoms with Crippen LogP contribution in [0.15, 0.2) is 60.8 Å². The number of morpholine rings is 1. The van der Waals surface area contributed by atoms with Gasteiger partial charge in [0.15, 0.2) is 0 Å². The number of carbonyl (C=O) groups excluding carboxylic acids is 1. The van der Waals surface area contributed by atoms with Gasteiger partial charge in [0.1, 0.15) is 6.10 Å². The number of aromatic nitrogens is 1. The van der Waals surface area contributed by atoms with Crippen molar-refractivity contribution in [2.45, 2.75) is 25.0 Å². The molecule has 2 aliphatic heterocycles. The van der Waals surface area contributed by atoms with Gasteiger partial charge in [-0.2, -0.15) is 0 Å². The number of carbonyl (C=O) groups is 1. The molecule has 1 N–H and O–H groups in total. The Morgan fingerprint density at radius 2 is 1.81 bits per heavy atom. The van der Waals surface area contributed by atoms with Crippen molar-refractivity contribution in [3.63, 3.8) is 0 Å². The number of aromatic amines is 1. The number of rotatable bonds is 7. The fourth-order valence-corrected chi connectivity index (χ4v) is 4.76. The van der Waals surface area contributed by atoms with Crippen molar-refractivity contribution < 1.29 is 14.3 Å². The van der Waals surface area contributed by atoms with Gasteiger partial charge >= 0.3 is 6.09 Å². The molecular formula is C25H29N3O3. The SMILES string of the molecule is O=C1OC(Cc2c[nH]c3ccccc23)CN1C(CCN1CCOCC1)c1ccccc1. The Labute approximate surface area is 182 Å². The summed E-state index contributed by atoms with van der Waals surface area (Å²) in [5, 5.41) is 1.20. The third-order valence-corrected chi connectivity index (χ3v) is 6.41. The summed E-state index contributed by atoms with van der Waals surface area (Å²) in [6.07, 6.45) is 3.30. The summed E-state index contributed by atoms with van der Waals surface area (Å²) in [6.45, 7) is 5.04. The van der Waals surface area contributed by atoms with E-state index in [9.17, 15) is 4.79 Å². The quantitative estimate of drug-likeness (QED) is 0.629. The summed E-state index contributed by atoms with van der Waals surface area (Å²) in [7, 11) is 0. The van der Waals surface area contributed by atoms with E-state index in [1.807, 2.05) is 41.4 Å². The van der Waals surface area contributed by atoms with E-state index in [4.69, 9.17) is 9.47 Å². The molecule has 6 heteroatoms. The highest BCUT2D eigenvalue weighted by molar-refractivity contribution is 5.83. The molecule has 2 fully saturated rings. The fourth-order valence-electron chi connectivity index (χ4n) is 4.76. The zero-order valence-corrected chi connectivity index (χ0v) is 17.7. The minimum Gasteiger partial charge on any atom is -0.444 e. The number of nitrogens with zero attached hydrogens (tertiary/aromatic N) is 2. The number of para-hydroxylation sites is 1. The maximum atomic E-state index is 12.9. The maximum Gasteiger partial charge on any atom is 0.410 e. The van der Waals surface area contributed by atoms with Crippen molar-refractivity contribution in [3.8, 4) is 0 Å². The molecule has 162 valence electrons. The number of amides is 1. The number of H-pyrrole nitrogens is 1. The molecule has 3 heterocycles. The Balaban J connectivity index is 1.30. The highest BCUT2D eigenvalue weighted by Crippen LogP contribution is 2.31. The summed E-state index contributed by atoms with van der Waals surface area (Å²) in [5.74, 6) is 0. The van der Waals surface area contributed by atoms with Gasteiger partial charge in [0.25, 0.3) is 0 Å². The first-order valence-corrected chi connectivity index (χ1v) is 11.2. The van der Waals surface area contributed by atoms with Crippen LogP contribution in [-0.2, 0) is 15.9 Å². The van der Waals surface area contributed by atoms with Crippen molar-refractivity contribution in [3.05, 3.63) is 71.9 Å². The smallest absolute Gasteiger partial charge is 0.410 e. The van der Waals surface area contributed by atoms with Crippen LogP contribution >= 0.6 is 0 Å². The van der Waals surface area contributed by atoms with Gasteiger partial charge in [-0.25, -0.2) is 4.79 Å². The van der Waals surface area contributed by atoms with E-state index in [0.29, 0.717) is 6.54 Å². The highest BCUT2D eigenvalue weighted by Gasteiger charge is 2.37. The predicted molar refractivity (Wildman–Crippen MR) is 120 cm³/mol. The molecule has 2 unspecified atom stereocenters. The van der Waals surface area contributed by atoms with Crippen LogP contribution in [0.3, 0.4) is 0 Å². The molecular weight excluding hydrogens is 390 g/mol. The third kappa shape index (κ3) is 4.45. The number of fused-ring (bicyclic) bond motifs is 1. The first-order chi connectivity index (χ1) is 15.3. The molecule has 31 heavy (non-hydrogen) atoms. The number of benzene rings is 2. The average Bonchev–Trinajstić information content (AvgIpc) is 3.39. The van der Waals surface area contributed by atoms with Gasteiger partial charge in [-0.05, 0) is 23.6 Å². The first-order valence-electron chi connectivity index (χ1n) is 11.2. The van der Waals surface area contributed by atoms with E-state index in [2.05, 4.69) is 34.1 Å². The summed E-state index contributed by atoms with van der Waals surface area (Å²) < 4.78 is 11.3. The van der Waals surface area contributed by atoms with Gasteiger partial charge in [0.05, 0.1) is 25.8 Å². The van der Waals surface area contributed by atoms with Crippen molar-refractivity contribution in [1.29, 1.82) is 0 Å². The fraction of sp³-hybridized carbons (Fsp3) is 0.400. The molecule has 2 aliphatic rings. The van der Waals surface area contributed by atoms with Crippen LogP contribution in [0.2, 0.25) is 0 Å². The Bertz CT molecular complexity index is 1010. The molecule has 6 nitrogen and oxygen atoms in total. The van der Waals surface area contributed by atoms with Crippen LogP contribution in [0, 0.1) is 0 Å². The maximum absolute atomic E-state index is 12.9. The summed E-state index contributed by atoms with van der Waals surface area (Å²) in [4.78, 5) is 20.6. The third-order valence-electron chi connectivity index (χ3n) is 6.41. The molecule has 0 saturated carbocycles. The zero-order chi connectivity index (χ0) is 21.0. The minimum atomic E-state index is -0.208. The van der Waals surface area contributed by atoms with Crippen molar-refractivity contribution >= 4 is 17.0 Å². The topological polar surface area (TPSA) is 57.8 Å². The van der Waals surface area contributed by atoms with Crippen molar-refractivity contribution in [1.82, 2.24) is 14.8 Å². The molecule has 2 aromatic carbocycles. The van der Waals surface area contributed by atoms with E-state index in [0.717, 1.165) is 51.2 Å².